The summed E-state index contributed by atoms with van der Waals surface area (Å²) in [5.74, 6) is -0.158. The van der Waals surface area contributed by atoms with Crippen molar-refractivity contribution in [3.8, 4) is 0 Å². The molecule has 0 aromatic carbocycles. The first-order valence-corrected chi connectivity index (χ1v) is 9.63. The molecule has 1 aliphatic rings. The van der Waals surface area contributed by atoms with Gasteiger partial charge in [-0.25, -0.2) is 9.59 Å². The van der Waals surface area contributed by atoms with Gasteiger partial charge in [0.1, 0.15) is 11.2 Å². The molecule has 1 rings (SSSR count). The lowest BCUT2D eigenvalue weighted by molar-refractivity contribution is -0.923. The Morgan fingerprint density at radius 1 is 1.07 bits per heavy atom. The topological polar surface area (TPSA) is 117 Å². The summed E-state index contributed by atoms with van der Waals surface area (Å²) < 4.78 is 11.4. The molecule has 164 valence electrons. The molecule has 0 spiro atoms. The molecule has 9 heteroatoms. The summed E-state index contributed by atoms with van der Waals surface area (Å²) in [5, 5.41) is 14.4. The fraction of sp³-hybridized carbons (Fsp3) is 0.842. The number of nitrogens with zero attached hydrogens (tertiary/aromatic N) is 1. The van der Waals surface area contributed by atoms with E-state index in [1.807, 2.05) is 41.5 Å². The number of hydrogen-bond acceptors (Lipinski definition) is 7. The molecule has 1 heterocycles. The molecular formula is C19H37N3O6. The van der Waals surface area contributed by atoms with Gasteiger partial charge in [-0.15, -0.1) is 0 Å². The van der Waals surface area contributed by atoms with Crippen molar-refractivity contribution in [2.45, 2.75) is 59.2 Å². The lowest BCUT2D eigenvalue weighted by Crippen LogP contribution is -2.61. The maximum atomic E-state index is 12.3. The fourth-order valence-corrected chi connectivity index (χ4v) is 2.90. The Kier molecular flexibility index (Phi) is 11.1. The minimum atomic E-state index is -0.500. The van der Waals surface area contributed by atoms with Gasteiger partial charge in [0.15, 0.2) is 6.54 Å². The third-order valence-electron chi connectivity index (χ3n) is 3.89. The SMILES string of the molecule is CC(C)(C)OC(=O)C[N+]1(CCCNC(=O)OC(C)(C)C)CCNCC1.O=C[O-]. The summed E-state index contributed by atoms with van der Waals surface area (Å²) in [6.45, 7) is 16.0. The van der Waals surface area contributed by atoms with Crippen molar-refractivity contribution in [3.05, 3.63) is 0 Å². The summed E-state index contributed by atoms with van der Waals surface area (Å²) >= 11 is 0. The number of amides is 1. The highest BCUT2D eigenvalue weighted by molar-refractivity contribution is 5.71. The van der Waals surface area contributed by atoms with Crippen molar-refractivity contribution in [2.24, 2.45) is 0 Å². The van der Waals surface area contributed by atoms with Gasteiger partial charge in [0.05, 0.1) is 19.6 Å². The van der Waals surface area contributed by atoms with Crippen LogP contribution in [-0.4, -0.2) is 80.0 Å². The van der Waals surface area contributed by atoms with Crippen LogP contribution < -0.4 is 15.7 Å². The summed E-state index contributed by atoms with van der Waals surface area (Å²) in [5.41, 5.74) is -0.958. The number of quaternary nitrogens is 1. The zero-order chi connectivity index (χ0) is 21.8. The number of nitrogens with one attached hydrogen (secondary N) is 2. The number of rotatable bonds is 6. The van der Waals surface area contributed by atoms with Crippen LogP contribution in [-0.2, 0) is 19.1 Å². The van der Waals surface area contributed by atoms with Crippen molar-refractivity contribution in [1.29, 1.82) is 0 Å². The number of carbonyl (C=O) groups is 3. The number of carbonyl (C=O) groups excluding carboxylic acids is 3. The van der Waals surface area contributed by atoms with Crippen LogP contribution in [0.3, 0.4) is 0 Å². The van der Waals surface area contributed by atoms with E-state index in [0.717, 1.165) is 39.1 Å². The van der Waals surface area contributed by atoms with E-state index >= 15 is 0 Å². The van der Waals surface area contributed by atoms with E-state index in [1.54, 1.807) is 0 Å². The second-order valence-corrected chi connectivity index (χ2v) is 8.89. The van der Waals surface area contributed by atoms with Gasteiger partial charge < -0.3 is 34.5 Å². The van der Waals surface area contributed by atoms with E-state index in [2.05, 4.69) is 10.6 Å². The normalized spacial score (nSPS) is 16.2. The van der Waals surface area contributed by atoms with Gasteiger partial charge in [-0.1, -0.05) is 0 Å². The smallest absolute Gasteiger partial charge is 0.407 e. The van der Waals surface area contributed by atoms with Gasteiger partial charge in [-0.2, -0.15) is 0 Å². The third kappa shape index (κ3) is 13.3. The largest absolute Gasteiger partial charge is 0.554 e. The molecule has 1 amide bonds. The van der Waals surface area contributed by atoms with Crippen LogP contribution in [0.15, 0.2) is 0 Å². The molecule has 2 N–H and O–H groups in total. The van der Waals surface area contributed by atoms with Gasteiger partial charge in [0.25, 0.3) is 0 Å². The molecule has 0 aromatic heterocycles. The predicted molar refractivity (Wildman–Crippen MR) is 103 cm³/mol. The Morgan fingerprint density at radius 3 is 2.04 bits per heavy atom. The maximum absolute atomic E-state index is 12.3. The number of alkyl carbamates (subject to hydrolysis) is 1. The summed E-state index contributed by atoms with van der Waals surface area (Å²) in [4.78, 5) is 32.2. The van der Waals surface area contributed by atoms with Crippen LogP contribution >= 0.6 is 0 Å². The Morgan fingerprint density at radius 2 is 1.57 bits per heavy atom. The summed E-state index contributed by atoms with van der Waals surface area (Å²) in [6, 6.07) is 0. The van der Waals surface area contributed by atoms with Gasteiger partial charge in [0.2, 0.25) is 0 Å². The van der Waals surface area contributed by atoms with Crippen LogP contribution in [0.1, 0.15) is 48.0 Å². The number of piperazine rings is 1. The Hall–Kier alpha value is -1.87. The third-order valence-corrected chi connectivity index (χ3v) is 3.89. The lowest BCUT2D eigenvalue weighted by Gasteiger charge is -2.41. The molecule has 0 aromatic rings. The van der Waals surface area contributed by atoms with Crippen LogP contribution in [0.4, 0.5) is 4.79 Å². The molecule has 1 aliphatic heterocycles. The Bertz CT molecular complexity index is 491. The second kappa shape index (κ2) is 11.9. The molecule has 0 radical (unpaired) electrons. The molecule has 0 atom stereocenters. The van der Waals surface area contributed by atoms with E-state index in [4.69, 9.17) is 19.4 Å². The molecule has 0 saturated carbocycles. The van der Waals surface area contributed by atoms with Crippen molar-refractivity contribution in [1.82, 2.24) is 10.6 Å². The lowest BCUT2D eigenvalue weighted by atomic mass is 10.2. The predicted octanol–water partition coefficient (Wildman–Crippen LogP) is 0.0290. The Labute approximate surface area is 168 Å². The summed E-state index contributed by atoms with van der Waals surface area (Å²) in [6.07, 6.45) is 0.397. The highest BCUT2D eigenvalue weighted by Gasteiger charge is 2.34. The highest BCUT2D eigenvalue weighted by atomic mass is 16.6. The van der Waals surface area contributed by atoms with Crippen molar-refractivity contribution >= 4 is 18.5 Å². The quantitative estimate of drug-likeness (QED) is 0.278. The zero-order valence-corrected chi connectivity index (χ0v) is 18.1. The van der Waals surface area contributed by atoms with Crippen LogP contribution in [0.2, 0.25) is 0 Å². The highest BCUT2D eigenvalue weighted by Crippen LogP contribution is 2.14. The van der Waals surface area contributed by atoms with Crippen LogP contribution in [0, 0.1) is 0 Å². The van der Waals surface area contributed by atoms with E-state index in [0.29, 0.717) is 17.6 Å². The number of ether oxygens (including phenoxy) is 2. The average molecular weight is 404 g/mol. The summed E-state index contributed by atoms with van der Waals surface area (Å²) in [7, 11) is 0. The standard InChI is InChI=1S/C18H35N3O4.CH2O2/c1-17(2,3)24-15(22)14-21(12-9-19-10-13-21)11-7-8-20-16(23)25-18(4,5)6;2-1-3/h19H,7-14H2,1-6H3;1H,(H,2,3). The maximum Gasteiger partial charge on any atom is 0.407 e. The van der Waals surface area contributed by atoms with Gasteiger partial charge in [-0.3, -0.25) is 0 Å². The molecule has 1 fully saturated rings. The Balaban J connectivity index is 0.00000227. The van der Waals surface area contributed by atoms with Crippen LogP contribution in [0.5, 0.6) is 0 Å². The average Bonchev–Trinajstić information content (AvgIpc) is 2.49. The van der Waals surface area contributed by atoms with E-state index < -0.39 is 23.8 Å². The minimum absolute atomic E-state index is 0.158. The number of hydrogen-bond donors (Lipinski definition) is 2. The van der Waals surface area contributed by atoms with E-state index in [9.17, 15) is 9.59 Å². The monoisotopic (exact) mass is 403 g/mol. The van der Waals surface area contributed by atoms with E-state index in [-0.39, 0.29) is 5.97 Å². The van der Waals surface area contributed by atoms with Crippen molar-refractivity contribution < 1.29 is 33.4 Å². The molecule has 0 aliphatic carbocycles. The molecule has 0 bridgehead atoms. The molecule has 1 saturated heterocycles. The fourth-order valence-electron chi connectivity index (χ4n) is 2.90. The first-order valence-electron chi connectivity index (χ1n) is 9.63. The van der Waals surface area contributed by atoms with Gasteiger partial charge >= 0.3 is 12.1 Å². The zero-order valence-electron chi connectivity index (χ0n) is 18.1. The molecule has 9 nitrogen and oxygen atoms in total. The van der Waals surface area contributed by atoms with Crippen LogP contribution in [0.25, 0.3) is 0 Å². The molecular weight excluding hydrogens is 366 g/mol. The first-order chi connectivity index (χ1) is 12.8. The number of esters is 1. The molecule has 28 heavy (non-hydrogen) atoms. The molecule has 0 unspecified atom stereocenters. The second-order valence-electron chi connectivity index (χ2n) is 8.89. The first kappa shape index (κ1) is 26.1. The minimum Gasteiger partial charge on any atom is -0.554 e. The van der Waals surface area contributed by atoms with Gasteiger partial charge in [-0.05, 0) is 41.5 Å². The van der Waals surface area contributed by atoms with E-state index in [1.165, 1.54) is 0 Å². The van der Waals surface area contributed by atoms with Crippen molar-refractivity contribution in [2.75, 3.05) is 45.8 Å². The van der Waals surface area contributed by atoms with Crippen molar-refractivity contribution in [3.63, 3.8) is 0 Å². The number of carboxylic acid groups (broad SMARTS) is 1. The van der Waals surface area contributed by atoms with Gasteiger partial charge in [0, 0.05) is 32.5 Å².